The smallest absolute Gasteiger partial charge is 0.288 e. The summed E-state index contributed by atoms with van der Waals surface area (Å²) in [7, 11) is 2.01. The van der Waals surface area contributed by atoms with Crippen LogP contribution in [0.5, 0.6) is 0 Å². The van der Waals surface area contributed by atoms with E-state index in [9.17, 15) is 14.4 Å². The van der Waals surface area contributed by atoms with E-state index >= 15 is 0 Å². The molecule has 1 aliphatic rings. The highest BCUT2D eigenvalue weighted by Gasteiger charge is 2.45. The average Bonchev–Trinajstić information content (AvgIpc) is 3.35. The summed E-state index contributed by atoms with van der Waals surface area (Å²) < 4.78 is 2.12. The van der Waals surface area contributed by atoms with Crippen LogP contribution in [-0.2, 0) is 11.8 Å². The van der Waals surface area contributed by atoms with E-state index in [4.69, 9.17) is 0 Å². The molecule has 4 aromatic rings. The minimum absolute atomic E-state index is 0.114. The summed E-state index contributed by atoms with van der Waals surface area (Å²) in [5.41, 5.74) is 9.76. The lowest BCUT2D eigenvalue weighted by Gasteiger charge is -2.34. The maximum absolute atomic E-state index is 14.0. The summed E-state index contributed by atoms with van der Waals surface area (Å²) in [5, 5.41) is 1.04. The molecule has 38 heavy (non-hydrogen) atoms. The third-order valence-corrected chi connectivity index (χ3v) is 7.25. The lowest BCUT2D eigenvalue weighted by atomic mass is 9.93. The first-order chi connectivity index (χ1) is 18.3. The Balaban J connectivity index is 1.57. The van der Waals surface area contributed by atoms with Gasteiger partial charge in [0.1, 0.15) is 11.7 Å². The number of carbonyl (C=O) groups is 3. The molecule has 2 N–H and O–H groups in total. The molecular weight excluding hydrogens is 478 g/mol. The van der Waals surface area contributed by atoms with Gasteiger partial charge in [0.2, 0.25) is 0 Å². The topological polar surface area (TPSA) is 96.3 Å². The fourth-order valence-corrected chi connectivity index (χ4v) is 5.40. The number of benzene rings is 2. The van der Waals surface area contributed by atoms with Gasteiger partial charge in [0.25, 0.3) is 17.7 Å². The number of para-hydroxylation sites is 1. The molecule has 2 aromatic heterocycles. The normalized spacial score (nSPS) is 15.6. The number of rotatable bonds is 6. The largest absolute Gasteiger partial charge is 0.348 e. The molecule has 8 heteroatoms. The van der Waals surface area contributed by atoms with Crippen molar-refractivity contribution in [3.63, 3.8) is 0 Å². The fourth-order valence-electron chi connectivity index (χ4n) is 5.40. The molecule has 8 nitrogen and oxygen atoms in total. The van der Waals surface area contributed by atoms with Crippen molar-refractivity contribution in [3.05, 3.63) is 101 Å². The molecule has 194 valence electrons. The van der Waals surface area contributed by atoms with Gasteiger partial charge in [-0.3, -0.25) is 30.2 Å². The molecule has 0 radical (unpaired) electrons. The number of hydrogen-bond donors (Lipinski definition) is 2. The van der Waals surface area contributed by atoms with Gasteiger partial charge in [-0.05, 0) is 49.1 Å². The Morgan fingerprint density at radius 1 is 0.974 bits per heavy atom. The molecule has 0 bridgehead atoms. The Kier molecular flexibility index (Phi) is 6.72. The van der Waals surface area contributed by atoms with Crippen LogP contribution in [0.4, 0.5) is 0 Å². The number of aryl methyl sites for hydroxylation is 1. The van der Waals surface area contributed by atoms with Crippen LogP contribution in [0.15, 0.2) is 72.9 Å². The minimum Gasteiger partial charge on any atom is -0.348 e. The predicted molar refractivity (Wildman–Crippen MR) is 145 cm³/mol. The van der Waals surface area contributed by atoms with Crippen LogP contribution in [0.25, 0.3) is 10.9 Å². The van der Waals surface area contributed by atoms with Crippen LogP contribution < -0.4 is 10.9 Å². The quantitative estimate of drug-likeness (QED) is 0.379. The highest BCUT2D eigenvalue weighted by Crippen LogP contribution is 2.45. The van der Waals surface area contributed by atoms with Gasteiger partial charge in [0.05, 0.1) is 6.04 Å². The number of pyridine rings is 1. The van der Waals surface area contributed by atoms with Gasteiger partial charge in [-0.15, -0.1) is 0 Å². The zero-order valence-electron chi connectivity index (χ0n) is 21.9. The third-order valence-electron chi connectivity index (χ3n) is 7.25. The summed E-state index contributed by atoms with van der Waals surface area (Å²) in [6.07, 6.45) is 1.93. The number of carbonyl (C=O) groups excluding carboxylic acids is 3. The van der Waals surface area contributed by atoms with Gasteiger partial charge in [0.15, 0.2) is 0 Å². The van der Waals surface area contributed by atoms with Crippen LogP contribution in [0.3, 0.4) is 0 Å². The van der Waals surface area contributed by atoms with E-state index < -0.39 is 23.9 Å². The zero-order valence-corrected chi connectivity index (χ0v) is 21.9. The summed E-state index contributed by atoms with van der Waals surface area (Å²) in [6.45, 7) is 6.07. The molecule has 0 saturated heterocycles. The van der Waals surface area contributed by atoms with E-state index in [2.05, 4.69) is 32.5 Å². The van der Waals surface area contributed by atoms with E-state index in [1.54, 1.807) is 23.1 Å². The van der Waals surface area contributed by atoms with Crippen molar-refractivity contribution >= 4 is 28.6 Å². The van der Waals surface area contributed by atoms with Gasteiger partial charge >= 0.3 is 0 Å². The Bertz CT molecular complexity index is 1530. The first kappa shape index (κ1) is 25.2. The van der Waals surface area contributed by atoms with E-state index in [1.165, 1.54) is 6.20 Å². The Morgan fingerprint density at radius 3 is 2.42 bits per heavy atom. The predicted octanol–water partition coefficient (Wildman–Crippen LogP) is 4.30. The molecule has 2 unspecified atom stereocenters. The number of hydrogen-bond acceptors (Lipinski definition) is 4. The monoisotopic (exact) mass is 509 g/mol. The van der Waals surface area contributed by atoms with Crippen LogP contribution in [-0.4, -0.2) is 38.2 Å². The molecule has 3 heterocycles. The molecule has 2 aromatic carbocycles. The first-order valence-electron chi connectivity index (χ1n) is 12.8. The molecule has 0 fully saturated rings. The van der Waals surface area contributed by atoms with E-state index in [1.807, 2.05) is 64.2 Å². The molecule has 0 aliphatic carbocycles. The molecule has 3 amide bonds. The lowest BCUT2D eigenvalue weighted by Crippen LogP contribution is -2.54. The SMILES string of the molecule is Cc1c(C2c3ccccc3C(=O)N2C(CC(C)C)C(=O)NNC(=O)c2ccccn2)c2ccccc2n1C. The van der Waals surface area contributed by atoms with Gasteiger partial charge in [-0.25, -0.2) is 0 Å². The molecule has 1 aliphatic heterocycles. The second kappa shape index (κ2) is 10.1. The standard InChI is InChI=1S/C30H31N5O3/c1-18(2)17-25(29(37)33-32-28(36)23-14-9-10-16-31-23)35-27(20-11-5-6-12-21(20)30(35)38)26-19(3)34(4)24-15-8-7-13-22(24)26/h5-16,18,25,27H,17H2,1-4H3,(H,32,36)(H,33,37). The summed E-state index contributed by atoms with van der Waals surface area (Å²) >= 11 is 0. The van der Waals surface area contributed by atoms with Crippen molar-refractivity contribution in [1.29, 1.82) is 0 Å². The lowest BCUT2D eigenvalue weighted by molar-refractivity contribution is -0.127. The molecular formula is C30H31N5O3. The first-order valence-corrected chi connectivity index (χ1v) is 12.8. The molecule has 0 spiro atoms. The van der Waals surface area contributed by atoms with Crippen molar-refractivity contribution in [2.45, 2.75) is 39.3 Å². The second-order valence-electron chi connectivity index (χ2n) is 10.1. The van der Waals surface area contributed by atoms with Crippen molar-refractivity contribution in [1.82, 2.24) is 25.3 Å². The average molecular weight is 510 g/mol. The number of amides is 3. The van der Waals surface area contributed by atoms with Gasteiger partial charge < -0.3 is 9.47 Å². The summed E-state index contributed by atoms with van der Waals surface area (Å²) in [6, 6.07) is 19.4. The highest BCUT2D eigenvalue weighted by molar-refractivity contribution is 6.04. The van der Waals surface area contributed by atoms with Crippen LogP contribution >= 0.6 is 0 Å². The fraction of sp³-hybridized carbons (Fsp3) is 0.267. The summed E-state index contributed by atoms with van der Waals surface area (Å²) in [5.74, 6) is -1.07. The van der Waals surface area contributed by atoms with Crippen LogP contribution in [0.2, 0.25) is 0 Å². The minimum atomic E-state index is -0.817. The van der Waals surface area contributed by atoms with Crippen LogP contribution in [0.1, 0.15) is 64.0 Å². The van der Waals surface area contributed by atoms with Crippen molar-refractivity contribution in [3.8, 4) is 0 Å². The summed E-state index contributed by atoms with van der Waals surface area (Å²) in [4.78, 5) is 45.9. The third kappa shape index (κ3) is 4.32. The Morgan fingerprint density at radius 2 is 1.68 bits per heavy atom. The number of hydrazine groups is 1. The molecule has 2 atom stereocenters. The van der Waals surface area contributed by atoms with Gasteiger partial charge in [-0.2, -0.15) is 0 Å². The van der Waals surface area contributed by atoms with E-state index in [0.717, 1.165) is 27.7 Å². The van der Waals surface area contributed by atoms with Crippen LogP contribution in [0, 0.1) is 12.8 Å². The Hall–Kier alpha value is -4.46. The van der Waals surface area contributed by atoms with Gasteiger partial charge in [0, 0.05) is 41.0 Å². The van der Waals surface area contributed by atoms with Crippen molar-refractivity contribution in [2.24, 2.45) is 13.0 Å². The van der Waals surface area contributed by atoms with E-state index in [-0.39, 0.29) is 17.5 Å². The number of nitrogens with one attached hydrogen (secondary N) is 2. The number of aromatic nitrogens is 2. The second-order valence-corrected chi connectivity index (χ2v) is 10.1. The van der Waals surface area contributed by atoms with Gasteiger partial charge in [-0.1, -0.05) is 56.3 Å². The number of nitrogens with zero attached hydrogens (tertiary/aromatic N) is 3. The van der Waals surface area contributed by atoms with Crippen molar-refractivity contribution < 1.29 is 14.4 Å². The highest BCUT2D eigenvalue weighted by atomic mass is 16.2. The molecule has 0 saturated carbocycles. The maximum Gasteiger partial charge on any atom is 0.288 e. The van der Waals surface area contributed by atoms with E-state index in [0.29, 0.717) is 12.0 Å². The number of fused-ring (bicyclic) bond motifs is 2. The maximum atomic E-state index is 14.0. The molecule has 5 rings (SSSR count). The Labute approximate surface area is 221 Å². The van der Waals surface area contributed by atoms with Crippen molar-refractivity contribution in [2.75, 3.05) is 0 Å². The zero-order chi connectivity index (χ0) is 27.0.